The minimum Gasteiger partial charge on any atom is -0.316 e. The van der Waals surface area contributed by atoms with E-state index in [0.717, 1.165) is 10.8 Å². The molecule has 90 valence electrons. The molecule has 0 bridgehead atoms. The molecule has 0 aromatic carbocycles. The number of hydrogen-bond donors (Lipinski definition) is 1. The number of aryl methyl sites for hydroxylation is 1. The van der Waals surface area contributed by atoms with Crippen LogP contribution in [0.25, 0.3) is 0 Å². The molecule has 1 fully saturated rings. The highest BCUT2D eigenvalue weighted by Gasteiger charge is 2.26. The SMILES string of the molecule is Cc1cc(C#N)cc(Nc2nc(C3CC3)cs2)n1. The van der Waals surface area contributed by atoms with Crippen molar-refractivity contribution >= 4 is 22.3 Å². The van der Waals surface area contributed by atoms with Crippen LogP contribution in [0, 0.1) is 18.3 Å². The van der Waals surface area contributed by atoms with Crippen molar-refractivity contribution in [3.63, 3.8) is 0 Å². The predicted molar refractivity (Wildman–Crippen MR) is 71.1 cm³/mol. The fourth-order valence-corrected chi connectivity index (χ4v) is 2.62. The largest absolute Gasteiger partial charge is 0.316 e. The Morgan fingerprint density at radius 3 is 2.94 bits per heavy atom. The fourth-order valence-electron chi connectivity index (χ4n) is 1.82. The van der Waals surface area contributed by atoms with E-state index in [9.17, 15) is 0 Å². The molecule has 0 saturated heterocycles. The van der Waals surface area contributed by atoms with Crippen molar-refractivity contribution in [2.75, 3.05) is 5.32 Å². The van der Waals surface area contributed by atoms with Gasteiger partial charge in [-0.15, -0.1) is 11.3 Å². The van der Waals surface area contributed by atoms with Gasteiger partial charge < -0.3 is 5.32 Å². The highest BCUT2D eigenvalue weighted by Crippen LogP contribution is 2.41. The van der Waals surface area contributed by atoms with Gasteiger partial charge in [0.1, 0.15) is 5.82 Å². The molecule has 2 aromatic heterocycles. The second-order valence-electron chi connectivity index (χ2n) is 4.47. The smallest absolute Gasteiger partial charge is 0.188 e. The number of thiazole rings is 1. The number of rotatable bonds is 3. The molecular weight excluding hydrogens is 244 g/mol. The molecule has 0 atom stereocenters. The van der Waals surface area contributed by atoms with E-state index in [1.165, 1.54) is 18.5 Å². The summed E-state index contributed by atoms with van der Waals surface area (Å²) in [4.78, 5) is 8.89. The van der Waals surface area contributed by atoms with Gasteiger partial charge in [-0.2, -0.15) is 5.26 Å². The summed E-state index contributed by atoms with van der Waals surface area (Å²) in [6, 6.07) is 5.64. The summed E-state index contributed by atoms with van der Waals surface area (Å²) in [5.74, 6) is 1.35. The van der Waals surface area contributed by atoms with Crippen LogP contribution in [0.1, 0.15) is 35.7 Å². The van der Waals surface area contributed by atoms with Gasteiger partial charge in [-0.1, -0.05) is 0 Å². The van der Waals surface area contributed by atoms with Gasteiger partial charge in [0, 0.05) is 17.0 Å². The first-order valence-electron chi connectivity index (χ1n) is 5.86. The summed E-state index contributed by atoms with van der Waals surface area (Å²) < 4.78 is 0. The molecule has 1 aliphatic rings. The van der Waals surface area contributed by atoms with Crippen molar-refractivity contribution in [3.05, 3.63) is 34.5 Å². The number of nitriles is 1. The first-order valence-corrected chi connectivity index (χ1v) is 6.74. The Balaban J connectivity index is 1.82. The summed E-state index contributed by atoms with van der Waals surface area (Å²) in [6.45, 7) is 1.88. The number of aromatic nitrogens is 2. The number of nitrogens with one attached hydrogen (secondary N) is 1. The zero-order valence-corrected chi connectivity index (χ0v) is 10.8. The highest BCUT2D eigenvalue weighted by atomic mass is 32.1. The molecule has 5 heteroatoms. The molecule has 2 heterocycles. The van der Waals surface area contributed by atoms with Gasteiger partial charge in [-0.3, -0.25) is 0 Å². The zero-order valence-electron chi connectivity index (χ0n) is 9.97. The van der Waals surface area contributed by atoms with E-state index in [-0.39, 0.29) is 0 Å². The highest BCUT2D eigenvalue weighted by molar-refractivity contribution is 7.13. The van der Waals surface area contributed by atoms with Gasteiger partial charge in [0.2, 0.25) is 0 Å². The number of nitrogens with zero attached hydrogens (tertiary/aromatic N) is 3. The minimum atomic E-state index is 0.615. The van der Waals surface area contributed by atoms with Gasteiger partial charge in [-0.25, -0.2) is 9.97 Å². The minimum absolute atomic E-state index is 0.615. The second-order valence-corrected chi connectivity index (χ2v) is 5.33. The van der Waals surface area contributed by atoms with Gasteiger partial charge in [0.05, 0.1) is 17.3 Å². The van der Waals surface area contributed by atoms with Gasteiger partial charge in [0.15, 0.2) is 5.13 Å². The van der Waals surface area contributed by atoms with E-state index in [4.69, 9.17) is 5.26 Å². The van der Waals surface area contributed by atoms with Gasteiger partial charge in [0.25, 0.3) is 0 Å². The third-order valence-corrected chi connectivity index (χ3v) is 3.61. The molecule has 0 amide bonds. The van der Waals surface area contributed by atoms with Crippen LogP contribution in [0.2, 0.25) is 0 Å². The predicted octanol–water partition coefficient (Wildman–Crippen LogP) is 3.34. The van der Waals surface area contributed by atoms with Crippen LogP contribution < -0.4 is 5.32 Å². The molecule has 1 N–H and O–H groups in total. The molecule has 4 nitrogen and oxygen atoms in total. The molecular formula is C13H12N4S. The molecule has 0 radical (unpaired) electrons. The number of pyridine rings is 1. The van der Waals surface area contributed by atoms with Crippen LogP contribution in [-0.4, -0.2) is 9.97 Å². The number of anilines is 2. The molecule has 3 rings (SSSR count). The molecule has 0 aliphatic heterocycles. The van der Waals surface area contributed by atoms with E-state index >= 15 is 0 Å². The van der Waals surface area contributed by atoms with Crippen LogP contribution in [0.15, 0.2) is 17.5 Å². The summed E-state index contributed by atoms with van der Waals surface area (Å²) in [5.41, 5.74) is 2.62. The van der Waals surface area contributed by atoms with E-state index in [1.54, 1.807) is 23.5 Å². The van der Waals surface area contributed by atoms with E-state index in [1.807, 2.05) is 6.92 Å². The molecule has 0 spiro atoms. The first kappa shape index (κ1) is 11.2. The van der Waals surface area contributed by atoms with Crippen LogP contribution in [0.3, 0.4) is 0 Å². The Morgan fingerprint density at radius 2 is 2.22 bits per heavy atom. The molecule has 0 unspecified atom stereocenters. The molecule has 18 heavy (non-hydrogen) atoms. The van der Waals surface area contributed by atoms with Crippen LogP contribution in [0.4, 0.5) is 10.9 Å². The van der Waals surface area contributed by atoms with Crippen LogP contribution in [-0.2, 0) is 0 Å². The lowest BCUT2D eigenvalue weighted by atomic mass is 10.2. The Labute approximate surface area is 109 Å². The topological polar surface area (TPSA) is 61.6 Å². The Morgan fingerprint density at radius 1 is 1.39 bits per heavy atom. The van der Waals surface area contributed by atoms with Crippen molar-refractivity contribution in [2.24, 2.45) is 0 Å². The lowest BCUT2D eigenvalue weighted by Crippen LogP contribution is -1.96. The third-order valence-electron chi connectivity index (χ3n) is 2.84. The third kappa shape index (κ3) is 2.34. The van der Waals surface area contributed by atoms with Gasteiger partial charge in [-0.05, 0) is 31.9 Å². The maximum Gasteiger partial charge on any atom is 0.188 e. The van der Waals surface area contributed by atoms with Crippen molar-refractivity contribution in [2.45, 2.75) is 25.7 Å². The maximum absolute atomic E-state index is 8.92. The fraction of sp³-hybridized carbons (Fsp3) is 0.308. The van der Waals surface area contributed by atoms with Crippen molar-refractivity contribution in [1.82, 2.24) is 9.97 Å². The zero-order chi connectivity index (χ0) is 12.5. The quantitative estimate of drug-likeness (QED) is 0.914. The molecule has 1 saturated carbocycles. The number of hydrogen-bond acceptors (Lipinski definition) is 5. The maximum atomic E-state index is 8.92. The summed E-state index contributed by atoms with van der Waals surface area (Å²) >= 11 is 1.59. The Hall–Kier alpha value is -1.93. The summed E-state index contributed by atoms with van der Waals surface area (Å²) in [6.07, 6.45) is 2.51. The monoisotopic (exact) mass is 256 g/mol. The average Bonchev–Trinajstić information content (AvgIpc) is 3.10. The average molecular weight is 256 g/mol. The van der Waals surface area contributed by atoms with Crippen molar-refractivity contribution < 1.29 is 0 Å². The van der Waals surface area contributed by atoms with Crippen LogP contribution in [0.5, 0.6) is 0 Å². The first-order chi connectivity index (χ1) is 8.74. The van der Waals surface area contributed by atoms with Gasteiger partial charge >= 0.3 is 0 Å². The Kier molecular flexibility index (Phi) is 2.73. The van der Waals surface area contributed by atoms with Crippen LogP contribution >= 0.6 is 11.3 Å². The van der Waals surface area contributed by atoms with Crippen molar-refractivity contribution in [3.8, 4) is 6.07 Å². The van der Waals surface area contributed by atoms with E-state index < -0.39 is 0 Å². The van der Waals surface area contributed by atoms with E-state index in [0.29, 0.717) is 17.3 Å². The normalized spacial score (nSPS) is 14.2. The molecule has 2 aromatic rings. The lowest BCUT2D eigenvalue weighted by molar-refractivity contribution is 1.05. The lowest BCUT2D eigenvalue weighted by Gasteiger charge is -2.03. The summed E-state index contributed by atoms with van der Waals surface area (Å²) in [7, 11) is 0. The Bertz CT molecular complexity index is 622. The standard InChI is InChI=1S/C13H12N4S/c1-8-4-9(6-14)5-12(15-8)17-13-16-11(7-18-13)10-2-3-10/h4-5,7,10H,2-3H2,1H3,(H,15,16,17). The summed E-state index contributed by atoms with van der Waals surface area (Å²) in [5, 5.41) is 15.0. The molecule has 1 aliphatic carbocycles. The van der Waals surface area contributed by atoms with E-state index in [2.05, 4.69) is 26.7 Å². The second kappa shape index (κ2) is 4.39. The van der Waals surface area contributed by atoms with Crippen molar-refractivity contribution in [1.29, 1.82) is 5.26 Å².